The highest BCUT2D eigenvalue weighted by Gasteiger charge is 2.13. The SMILES string of the molecule is CN(C)c1ccc2c(Cl)c(C=O)c(=O)n(C)c2c1. The molecule has 1 aromatic heterocycles. The Bertz CT molecular complexity index is 689. The van der Waals surface area contributed by atoms with Gasteiger partial charge < -0.3 is 9.47 Å². The molecule has 1 heterocycles. The number of aromatic nitrogens is 1. The fourth-order valence-corrected chi connectivity index (χ4v) is 2.18. The number of carbonyl (C=O) groups excluding carboxylic acids is 1. The van der Waals surface area contributed by atoms with Gasteiger partial charge in [0.15, 0.2) is 6.29 Å². The highest BCUT2D eigenvalue weighted by molar-refractivity contribution is 6.37. The van der Waals surface area contributed by atoms with Crippen molar-refractivity contribution in [2.45, 2.75) is 0 Å². The van der Waals surface area contributed by atoms with Crippen LogP contribution in [0.15, 0.2) is 23.0 Å². The van der Waals surface area contributed by atoms with E-state index in [1.807, 2.05) is 37.2 Å². The molecule has 2 aromatic rings. The normalized spacial score (nSPS) is 10.7. The number of aldehydes is 1. The third kappa shape index (κ3) is 1.78. The summed E-state index contributed by atoms with van der Waals surface area (Å²) in [5, 5.41) is 0.917. The maximum absolute atomic E-state index is 11.9. The number of anilines is 1. The lowest BCUT2D eigenvalue weighted by molar-refractivity contribution is 0.112. The molecule has 0 fully saturated rings. The molecule has 0 spiro atoms. The van der Waals surface area contributed by atoms with Gasteiger partial charge >= 0.3 is 0 Å². The van der Waals surface area contributed by atoms with Crippen LogP contribution in [0.3, 0.4) is 0 Å². The second-order valence-electron chi connectivity index (χ2n) is 4.31. The maximum Gasteiger partial charge on any atom is 0.262 e. The maximum atomic E-state index is 11.9. The Balaban J connectivity index is 2.94. The molecule has 94 valence electrons. The topological polar surface area (TPSA) is 42.3 Å². The Kier molecular flexibility index (Phi) is 3.13. The molecule has 18 heavy (non-hydrogen) atoms. The zero-order valence-electron chi connectivity index (χ0n) is 10.4. The summed E-state index contributed by atoms with van der Waals surface area (Å²) in [4.78, 5) is 24.8. The third-order valence-electron chi connectivity index (χ3n) is 2.98. The minimum absolute atomic E-state index is 0.00395. The van der Waals surface area contributed by atoms with Crippen LogP contribution in [0.5, 0.6) is 0 Å². The Morgan fingerprint density at radius 2 is 2.00 bits per heavy atom. The van der Waals surface area contributed by atoms with Crippen molar-refractivity contribution in [1.82, 2.24) is 4.57 Å². The van der Waals surface area contributed by atoms with Gasteiger partial charge in [-0.15, -0.1) is 0 Å². The molecular formula is C13H13ClN2O2. The fourth-order valence-electron chi connectivity index (χ4n) is 1.89. The molecule has 0 bridgehead atoms. The summed E-state index contributed by atoms with van der Waals surface area (Å²) in [5.74, 6) is 0. The van der Waals surface area contributed by atoms with Gasteiger partial charge in [0.05, 0.1) is 16.1 Å². The molecule has 0 amide bonds. The highest BCUT2D eigenvalue weighted by Crippen LogP contribution is 2.27. The monoisotopic (exact) mass is 264 g/mol. The molecule has 0 N–H and O–H groups in total. The van der Waals surface area contributed by atoms with Gasteiger partial charge in [0, 0.05) is 32.2 Å². The zero-order chi connectivity index (χ0) is 13.4. The van der Waals surface area contributed by atoms with Crippen molar-refractivity contribution in [2.24, 2.45) is 7.05 Å². The number of halogens is 1. The molecule has 5 heteroatoms. The quantitative estimate of drug-likeness (QED) is 0.780. The molecule has 2 rings (SSSR count). The van der Waals surface area contributed by atoms with E-state index in [1.54, 1.807) is 7.05 Å². The van der Waals surface area contributed by atoms with Crippen LogP contribution in [0.25, 0.3) is 10.9 Å². The lowest BCUT2D eigenvalue weighted by atomic mass is 10.1. The van der Waals surface area contributed by atoms with Crippen LogP contribution in [-0.2, 0) is 7.05 Å². The lowest BCUT2D eigenvalue weighted by Crippen LogP contribution is -2.22. The smallest absolute Gasteiger partial charge is 0.262 e. The summed E-state index contributed by atoms with van der Waals surface area (Å²) >= 11 is 6.09. The second kappa shape index (κ2) is 4.46. The second-order valence-corrected chi connectivity index (χ2v) is 4.68. The van der Waals surface area contributed by atoms with Gasteiger partial charge in [-0.25, -0.2) is 0 Å². The number of hydrogen-bond acceptors (Lipinski definition) is 3. The Hall–Kier alpha value is -1.81. The van der Waals surface area contributed by atoms with Gasteiger partial charge in [-0.2, -0.15) is 0 Å². The van der Waals surface area contributed by atoms with Crippen molar-refractivity contribution >= 4 is 34.5 Å². The van der Waals surface area contributed by atoms with E-state index in [2.05, 4.69) is 0 Å². The number of pyridine rings is 1. The van der Waals surface area contributed by atoms with E-state index in [0.29, 0.717) is 17.2 Å². The van der Waals surface area contributed by atoms with E-state index in [4.69, 9.17) is 11.6 Å². The summed E-state index contributed by atoms with van der Waals surface area (Å²) < 4.78 is 1.44. The summed E-state index contributed by atoms with van der Waals surface area (Å²) in [7, 11) is 5.47. The van der Waals surface area contributed by atoms with E-state index in [9.17, 15) is 9.59 Å². The minimum atomic E-state index is -0.376. The molecule has 1 aromatic carbocycles. The van der Waals surface area contributed by atoms with Crippen molar-refractivity contribution in [3.05, 3.63) is 39.1 Å². The van der Waals surface area contributed by atoms with Gasteiger partial charge in [0.2, 0.25) is 0 Å². The van der Waals surface area contributed by atoms with E-state index < -0.39 is 0 Å². The molecule has 0 unspecified atom stereocenters. The summed E-state index contributed by atoms with van der Waals surface area (Å²) in [6.45, 7) is 0. The number of hydrogen-bond donors (Lipinski definition) is 0. The lowest BCUT2D eigenvalue weighted by Gasteiger charge is -2.15. The van der Waals surface area contributed by atoms with E-state index in [-0.39, 0.29) is 16.1 Å². The van der Waals surface area contributed by atoms with Crippen LogP contribution in [0.2, 0.25) is 5.02 Å². The summed E-state index contributed by atoms with van der Waals surface area (Å²) in [5.41, 5.74) is 1.30. The average molecular weight is 265 g/mol. The Morgan fingerprint density at radius 1 is 1.33 bits per heavy atom. The minimum Gasteiger partial charge on any atom is -0.378 e. The number of benzene rings is 1. The number of fused-ring (bicyclic) bond motifs is 1. The van der Waals surface area contributed by atoms with E-state index >= 15 is 0 Å². The standard InChI is InChI=1S/C13H13ClN2O2/c1-15(2)8-4-5-9-11(6-8)16(3)13(18)10(7-17)12(9)14/h4-7H,1-3H3. The first-order chi connectivity index (χ1) is 8.47. The third-order valence-corrected chi connectivity index (χ3v) is 3.39. The summed E-state index contributed by atoms with van der Waals surface area (Å²) in [6.07, 6.45) is 0.504. The first-order valence-electron chi connectivity index (χ1n) is 5.42. The van der Waals surface area contributed by atoms with Crippen molar-refractivity contribution < 1.29 is 4.79 Å². The fraction of sp³-hybridized carbons (Fsp3) is 0.231. The number of carbonyl (C=O) groups is 1. The van der Waals surface area contributed by atoms with Gasteiger partial charge in [0.25, 0.3) is 5.56 Å². The van der Waals surface area contributed by atoms with Crippen LogP contribution in [0, 0.1) is 0 Å². The van der Waals surface area contributed by atoms with Crippen LogP contribution in [0.1, 0.15) is 10.4 Å². The first kappa shape index (κ1) is 12.6. The highest BCUT2D eigenvalue weighted by atomic mass is 35.5. The molecule has 0 aliphatic heterocycles. The van der Waals surface area contributed by atoms with Gasteiger partial charge in [-0.05, 0) is 18.2 Å². The van der Waals surface area contributed by atoms with Crippen LogP contribution in [0.4, 0.5) is 5.69 Å². The van der Waals surface area contributed by atoms with Crippen molar-refractivity contribution in [3.63, 3.8) is 0 Å². The van der Waals surface area contributed by atoms with E-state index in [0.717, 1.165) is 5.69 Å². The van der Waals surface area contributed by atoms with Gasteiger partial charge in [0.1, 0.15) is 0 Å². The van der Waals surface area contributed by atoms with E-state index in [1.165, 1.54) is 4.57 Å². The summed E-state index contributed by atoms with van der Waals surface area (Å²) in [6, 6.07) is 5.59. The molecule has 4 nitrogen and oxygen atoms in total. The molecule has 0 aliphatic carbocycles. The van der Waals surface area contributed by atoms with Crippen molar-refractivity contribution in [1.29, 1.82) is 0 Å². The average Bonchev–Trinajstić information content (AvgIpc) is 2.36. The number of nitrogens with zero attached hydrogens (tertiary/aromatic N) is 2. The van der Waals surface area contributed by atoms with Crippen molar-refractivity contribution in [3.8, 4) is 0 Å². The molecule has 0 saturated carbocycles. The molecule has 0 atom stereocenters. The van der Waals surface area contributed by atoms with Crippen LogP contribution >= 0.6 is 11.6 Å². The van der Waals surface area contributed by atoms with Gasteiger partial charge in [-0.1, -0.05) is 11.6 Å². The Labute approximate surface area is 109 Å². The predicted octanol–water partition coefficient (Wildman–Crippen LogP) is 2.07. The largest absolute Gasteiger partial charge is 0.378 e. The molecule has 0 radical (unpaired) electrons. The number of rotatable bonds is 2. The predicted molar refractivity (Wildman–Crippen MR) is 73.9 cm³/mol. The Morgan fingerprint density at radius 3 is 2.56 bits per heavy atom. The zero-order valence-corrected chi connectivity index (χ0v) is 11.2. The molecular weight excluding hydrogens is 252 g/mol. The molecule has 0 aliphatic rings. The molecule has 0 saturated heterocycles. The van der Waals surface area contributed by atoms with Crippen molar-refractivity contribution in [2.75, 3.05) is 19.0 Å². The first-order valence-corrected chi connectivity index (χ1v) is 5.80. The number of aryl methyl sites for hydroxylation is 1. The van der Waals surface area contributed by atoms with Crippen LogP contribution in [-0.4, -0.2) is 24.9 Å². The van der Waals surface area contributed by atoms with Crippen LogP contribution < -0.4 is 10.5 Å². The van der Waals surface area contributed by atoms with Gasteiger partial charge in [-0.3, -0.25) is 9.59 Å².